The van der Waals surface area contributed by atoms with Gasteiger partial charge in [0.1, 0.15) is 16.5 Å². The summed E-state index contributed by atoms with van der Waals surface area (Å²) in [5.74, 6) is 2.35. The fraction of sp³-hybridized carbons (Fsp3) is 0.533. The Morgan fingerprint density at radius 1 is 1.05 bits per heavy atom. The predicted octanol–water partition coefficient (Wildman–Crippen LogP) is 4.55. The Kier molecular flexibility index (Phi) is 7.82. The zero-order valence-electron chi connectivity index (χ0n) is 24.3. The van der Waals surface area contributed by atoms with Gasteiger partial charge in [-0.25, -0.2) is 27.8 Å². The molecule has 3 aromatic rings. The average molecular weight is 594 g/mol. The summed E-state index contributed by atoms with van der Waals surface area (Å²) < 4.78 is 36.2. The summed E-state index contributed by atoms with van der Waals surface area (Å²) in [5, 5.41) is 7.85. The summed E-state index contributed by atoms with van der Waals surface area (Å²) in [6.45, 7) is 6.42. The molecular weight excluding hydrogens is 554 g/mol. The molecule has 4 bridgehead atoms. The van der Waals surface area contributed by atoms with Crippen LogP contribution in [0.25, 0.3) is 5.82 Å². The summed E-state index contributed by atoms with van der Waals surface area (Å²) in [6, 6.07) is 8.20. The van der Waals surface area contributed by atoms with Crippen LogP contribution < -0.4 is 19.7 Å². The summed E-state index contributed by atoms with van der Waals surface area (Å²) in [5.41, 5.74) is -0.0939. The van der Waals surface area contributed by atoms with Crippen molar-refractivity contribution in [2.45, 2.75) is 75.6 Å². The fourth-order valence-electron chi connectivity index (χ4n) is 6.45. The van der Waals surface area contributed by atoms with E-state index in [4.69, 9.17) is 9.72 Å². The van der Waals surface area contributed by atoms with Gasteiger partial charge >= 0.3 is 0 Å². The van der Waals surface area contributed by atoms with Crippen LogP contribution in [-0.2, 0) is 10.0 Å². The quantitative estimate of drug-likeness (QED) is 0.447. The van der Waals surface area contributed by atoms with Gasteiger partial charge in [-0.3, -0.25) is 4.79 Å². The number of carbonyl (C=O) groups is 1. The Hall–Kier alpha value is -3.67. The molecular formula is C30H39N7O4S. The maximum absolute atomic E-state index is 13.6. The molecule has 1 amide bonds. The number of aromatic nitrogens is 4. The molecule has 2 N–H and O–H groups in total. The van der Waals surface area contributed by atoms with Crippen molar-refractivity contribution in [2.75, 3.05) is 29.9 Å². The first-order valence-corrected chi connectivity index (χ1v) is 16.4. The molecule has 3 aliphatic heterocycles. The molecule has 0 unspecified atom stereocenters. The lowest BCUT2D eigenvalue weighted by Crippen LogP contribution is -2.41. The highest BCUT2D eigenvalue weighted by atomic mass is 32.2. The standard InChI is InChI=1S/C30H39N7O4S/c1-30(2)17-22-9-5-6-15-31-25-12-10-23(18-32-25)42(39,40)35-29(38)24-11-13-26(33-28(24)36(30)19-22)37-16-14-27(34-37)41-20-21-7-3-4-8-21/h10-14,16,18,21-22H,3-9,15,17,19-20H2,1-2H3,(H,31,32)(H,35,38)/t22-/m1/s1. The molecule has 1 atom stereocenters. The van der Waals surface area contributed by atoms with Gasteiger partial charge in [-0.1, -0.05) is 19.3 Å². The molecule has 42 heavy (non-hydrogen) atoms. The number of pyridine rings is 2. The zero-order chi connectivity index (χ0) is 29.3. The number of ether oxygens (including phenoxy) is 1. The number of amides is 1. The van der Waals surface area contributed by atoms with Gasteiger partial charge in [0, 0.05) is 37.1 Å². The lowest BCUT2D eigenvalue weighted by Gasteiger charge is -2.34. The Balaban J connectivity index is 1.34. The van der Waals surface area contributed by atoms with Crippen molar-refractivity contribution in [1.82, 2.24) is 24.5 Å². The van der Waals surface area contributed by atoms with Gasteiger partial charge in [0.05, 0.1) is 12.2 Å². The van der Waals surface area contributed by atoms with E-state index in [2.05, 4.69) is 38.9 Å². The number of rotatable bonds is 4. The summed E-state index contributed by atoms with van der Waals surface area (Å²) in [4.78, 5) is 24.8. The Morgan fingerprint density at radius 3 is 2.64 bits per heavy atom. The van der Waals surface area contributed by atoms with Crippen molar-refractivity contribution >= 4 is 27.6 Å². The van der Waals surface area contributed by atoms with E-state index in [0.717, 1.165) is 38.8 Å². The Morgan fingerprint density at radius 2 is 1.86 bits per heavy atom. The number of sulfonamides is 1. The summed E-state index contributed by atoms with van der Waals surface area (Å²) in [7, 11) is -4.16. The van der Waals surface area contributed by atoms with Gasteiger partial charge in [0.2, 0.25) is 5.88 Å². The molecule has 6 heterocycles. The minimum Gasteiger partial charge on any atom is -0.476 e. The first-order valence-electron chi connectivity index (χ1n) is 14.9. The second kappa shape index (κ2) is 11.5. The average Bonchev–Trinajstić information content (AvgIpc) is 3.71. The third kappa shape index (κ3) is 6.08. The van der Waals surface area contributed by atoms with Crippen molar-refractivity contribution in [3.05, 3.63) is 48.3 Å². The van der Waals surface area contributed by atoms with Gasteiger partial charge in [-0.15, -0.1) is 5.10 Å². The van der Waals surface area contributed by atoms with E-state index in [1.54, 1.807) is 29.1 Å². The van der Waals surface area contributed by atoms with Crippen LogP contribution in [0, 0.1) is 11.8 Å². The molecule has 3 aromatic heterocycles. The van der Waals surface area contributed by atoms with Crippen molar-refractivity contribution in [3.8, 4) is 11.7 Å². The van der Waals surface area contributed by atoms with Crippen LogP contribution in [0.1, 0.15) is 75.6 Å². The molecule has 2 fully saturated rings. The second-order valence-corrected chi connectivity index (χ2v) is 14.0. The van der Waals surface area contributed by atoms with Gasteiger partial charge in [-0.2, -0.15) is 0 Å². The van der Waals surface area contributed by atoms with E-state index in [9.17, 15) is 13.2 Å². The monoisotopic (exact) mass is 593 g/mol. The summed E-state index contributed by atoms with van der Waals surface area (Å²) >= 11 is 0. The lowest BCUT2D eigenvalue weighted by molar-refractivity contribution is 0.0981. The normalized spacial score (nSPS) is 22.3. The SMILES string of the molecule is CC1(C)C[C@H]2CCCCNc3ccc(cn3)S(=O)(=O)NC(=O)c3ccc(-n4ccc(OCC5CCCC5)n4)nc3N1C2. The molecule has 11 nitrogen and oxygen atoms in total. The van der Waals surface area contributed by atoms with Crippen LogP contribution >= 0.6 is 0 Å². The maximum Gasteiger partial charge on any atom is 0.268 e. The van der Waals surface area contributed by atoms with Crippen molar-refractivity contribution < 1.29 is 17.9 Å². The molecule has 1 aliphatic carbocycles. The molecule has 7 rings (SSSR count). The smallest absolute Gasteiger partial charge is 0.268 e. The maximum atomic E-state index is 13.6. The van der Waals surface area contributed by atoms with Crippen LogP contribution in [0.3, 0.4) is 0 Å². The highest BCUT2D eigenvalue weighted by Gasteiger charge is 2.41. The van der Waals surface area contributed by atoms with Crippen molar-refractivity contribution in [1.29, 1.82) is 0 Å². The van der Waals surface area contributed by atoms with Crippen molar-refractivity contribution in [2.24, 2.45) is 11.8 Å². The van der Waals surface area contributed by atoms with Gasteiger partial charge in [0.15, 0.2) is 5.82 Å². The van der Waals surface area contributed by atoms with Gasteiger partial charge in [-0.05, 0) is 82.1 Å². The largest absolute Gasteiger partial charge is 0.476 e. The van der Waals surface area contributed by atoms with Crippen LogP contribution in [0.5, 0.6) is 5.88 Å². The van der Waals surface area contributed by atoms with E-state index in [1.807, 2.05) is 6.07 Å². The lowest BCUT2D eigenvalue weighted by atomic mass is 9.93. The number of nitrogens with one attached hydrogen (secondary N) is 2. The number of hydrogen-bond acceptors (Lipinski definition) is 9. The van der Waals surface area contributed by atoms with Crippen LogP contribution in [0.15, 0.2) is 47.6 Å². The second-order valence-electron chi connectivity index (χ2n) is 12.3. The first-order chi connectivity index (χ1) is 20.2. The highest BCUT2D eigenvalue weighted by molar-refractivity contribution is 7.90. The highest BCUT2D eigenvalue weighted by Crippen LogP contribution is 2.40. The number of anilines is 2. The minimum absolute atomic E-state index is 0.0833. The third-order valence-electron chi connectivity index (χ3n) is 8.68. The fourth-order valence-corrected chi connectivity index (χ4v) is 7.36. The molecule has 224 valence electrons. The number of hydrogen-bond donors (Lipinski definition) is 2. The summed E-state index contributed by atoms with van der Waals surface area (Å²) in [6.07, 6.45) is 12.0. The molecule has 1 saturated heterocycles. The Labute approximate surface area is 247 Å². The molecule has 1 saturated carbocycles. The van der Waals surface area contributed by atoms with E-state index < -0.39 is 15.9 Å². The molecule has 0 spiro atoms. The van der Waals surface area contributed by atoms with Crippen LogP contribution in [-0.4, -0.2) is 59.3 Å². The van der Waals surface area contributed by atoms with E-state index in [-0.39, 0.29) is 16.0 Å². The predicted molar refractivity (Wildman–Crippen MR) is 160 cm³/mol. The number of nitrogens with zero attached hydrogens (tertiary/aromatic N) is 5. The Bertz CT molecular complexity index is 1530. The number of fused-ring (bicyclic) bond motifs is 8. The van der Waals surface area contributed by atoms with Gasteiger partial charge < -0.3 is 15.0 Å². The van der Waals surface area contributed by atoms with E-state index in [1.165, 1.54) is 37.9 Å². The zero-order valence-corrected chi connectivity index (χ0v) is 25.1. The van der Waals surface area contributed by atoms with Crippen molar-refractivity contribution in [3.63, 3.8) is 0 Å². The van der Waals surface area contributed by atoms with Crippen LogP contribution in [0.4, 0.5) is 11.6 Å². The first kappa shape index (κ1) is 28.4. The molecule has 0 radical (unpaired) electrons. The molecule has 4 aliphatic rings. The van der Waals surface area contributed by atoms with E-state index in [0.29, 0.717) is 41.8 Å². The molecule has 0 aromatic carbocycles. The van der Waals surface area contributed by atoms with Crippen LogP contribution in [0.2, 0.25) is 0 Å². The van der Waals surface area contributed by atoms with E-state index >= 15 is 0 Å². The topological polar surface area (TPSA) is 131 Å². The minimum atomic E-state index is -4.16. The third-order valence-corrected chi connectivity index (χ3v) is 10.00. The molecule has 12 heteroatoms. The van der Waals surface area contributed by atoms with Gasteiger partial charge in [0.25, 0.3) is 15.9 Å². The number of carbonyl (C=O) groups excluding carboxylic acids is 1.